The molecule has 0 bridgehead atoms. The minimum absolute atomic E-state index is 0.456. The molecule has 1 atom stereocenters. The van der Waals surface area contributed by atoms with E-state index < -0.39 is 7.14 Å². The van der Waals surface area contributed by atoms with Crippen LogP contribution in [-0.2, 0) is 4.57 Å². The van der Waals surface area contributed by atoms with E-state index in [0.717, 1.165) is 16.8 Å². The van der Waals surface area contributed by atoms with Gasteiger partial charge in [0.05, 0.1) is 11.4 Å². The van der Waals surface area contributed by atoms with Gasteiger partial charge in [0, 0.05) is 5.56 Å². The summed E-state index contributed by atoms with van der Waals surface area (Å²) in [6.45, 7) is 13.3. The van der Waals surface area contributed by atoms with E-state index in [1.54, 1.807) is 31.2 Å². The molecule has 144 valence electrons. The number of aromatic nitrogens is 2. The summed E-state index contributed by atoms with van der Waals surface area (Å²) in [7, 11) is -3.24. The molecule has 2 heterocycles. The molecule has 3 aromatic rings. The second kappa shape index (κ2) is 8.81. The molecule has 0 fully saturated rings. The lowest BCUT2D eigenvalue weighted by Gasteiger charge is -2.19. The van der Waals surface area contributed by atoms with Crippen LogP contribution in [-0.4, -0.2) is 9.97 Å². The van der Waals surface area contributed by atoms with Gasteiger partial charge in [-0.1, -0.05) is 80.4 Å². The van der Waals surface area contributed by atoms with E-state index >= 15 is 0 Å². The summed E-state index contributed by atoms with van der Waals surface area (Å²) in [5.41, 5.74) is 4.14. The maximum atomic E-state index is 14.2. The van der Waals surface area contributed by atoms with Crippen molar-refractivity contribution in [2.75, 3.05) is 0 Å². The van der Waals surface area contributed by atoms with Crippen molar-refractivity contribution in [3.05, 3.63) is 116 Å². The Morgan fingerprint density at radius 1 is 0.897 bits per heavy atom. The van der Waals surface area contributed by atoms with Crippen molar-refractivity contribution in [1.29, 1.82) is 0 Å². The van der Waals surface area contributed by atoms with Crippen LogP contribution in [0.1, 0.15) is 12.6 Å². The summed E-state index contributed by atoms with van der Waals surface area (Å²) in [4.78, 5) is 9.41. The van der Waals surface area contributed by atoms with Gasteiger partial charge in [-0.15, -0.1) is 0 Å². The van der Waals surface area contributed by atoms with Gasteiger partial charge >= 0.3 is 0 Å². The van der Waals surface area contributed by atoms with Crippen molar-refractivity contribution < 1.29 is 4.57 Å². The first-order chi connectivity index (χ1) is 14.0. The predicted molar refractivity (Wildman–Crippen MR) is 124 cm³/mol. The molecule has 4 heteroatoms. The van der Waals surface area contributed by atoms with E-state index in [1.165, 1.54) is 0 Å². The second-order valence-corrected chi connectivity index (χ2v) is 9.43. The lowest BCUT2D eigenvalue weighted by molar-refractivity contribution is 0.589. The molecule has 0 spiro atoms. The highest BCUT2D eigenvalue weighted by molar-refractivity contribution is 7.81. The van der Waals surface area contributed by atoms with E-state index in [-0.39, 0.29) is 0 Å². The van der Waals surface area contributed by atoms with Crippen LogP contribution in [0.25, 0.3) is 16.8 Å². The molecule has 3 rings (SSSR count). The van der Waals surface area contributed by atoms with Crippen LogP contribution < -0.4 is 10.9 Å². The Bertz CT molecular complexity index is 1150. The van der Waals surface area contributed by atoms with Gasteiger partial charge in [-0.3, -0.25) is 0 Å². The van der Waals surface area contributed by atoms with Gasteiger partial charge in [0.1, 0.15) is 10.9 Å². The molecule has 3 nitrogen and oxygen atoms in total. The van der Waals surface area contributed by atoms with Crippen LogP contribution in [0.5, 0.6) is 0 Å². The van der Waals surface area contributed by atoms with Crippen LogP contribution in [0, 0.1) is 0 Å². The molecular formula is C25H23N2OP. The van der Waals surface area contributed by atoms with Crippen molar-refractivity contribution in [3.63, 3.8) is 0 Å². The monoisotopic (exact) mass is 398 g/mol. The molecule has 1 aromatic carbocycles. The van der Waals surface area contributed by atoms with Gasteiger partial charge in [0.15, 0.2) is 0 Å². The van der Waals surface area contributed by atoms with Gasteiger partial charge in [-0.2, -0.15) is 0 Å². The average Bonchev–Trinajstić information content (AvgIpc) is 2.77. The maximum Gasteiger partial charge on any atom is 0.201 e. The van der Waals surface area contributed by atoms with Crippen molar-refractivity contribution >= 4 is 23.6 Å². The van der Waals surface area contributed by atoms with Crippen LogP contribution in [0.2, 0.25) is 0 Å². The number of pyridine rings is 2. The highest BCUT2D eigenvalue weighted by Crippen LogP contribution is 2.49. The van der Waals surface area contributed by atoms with Crippen LogP contribution in [0.4, 0.5) is 0 Å². The molecule has 0 saturated carbocycles. The Kier molecular flexibility index (Phi) is 6.21. The fourth-order valence-electron chi connectivity index (χ4n) is 3.02. The normalized spacial score (nSPS) is 13.3. The first-order valence-electron chi connectivity index (χ1n) is 9.23. The third kappa shape index (κ3) is 4.11. The van der Waals surface area contributed by atoms with E-state index in [9.17, 15) is 4.57 Å². The molecule has 0 amide bonds. The summed E-state index contributed by atoms with van der Waals surface area (Å²) in [6, 6.07) is 20.9. The van der Waals surface area contributed by atoms with Gasteiger partial charge in [-0.25, -0.2) is 9.97 Å². The lowest BCUT2D eigenvalue weighted by atomic mass is 10.1. The molecule has 0 aliphatic rings. The Hall–Kier alpha value is -3.29. The minimum atomic E-state index is -3.24. The Labute approximate surface area is 172 Å². The Morgan fingerprint density at radius 2 is 1.55 bits per heavy atom. The molecule has 0 radical (unpaired) electrons. The molecule has 29 heavy (non-hydrogen) atoms. The topological polar surface area (TPSA) is 42.9 Å². The largest absolute Gasteiger partial charge is 0.306 e. The van der Waals surface area contributed by atoms with Crippen LogP contribution in [0.3, 0.4) is 0 Å². The summed E-state index contributed by atoms with van der Waals surface area (Å²) in [6.07, 6.45) is 5.20. The first kappa shape index (κ1) is 20.4. The van der Waals surface area contributed by atoms with Crippen LogP contribution in [0.15, 0.2) is 110 Å². The maximum absolute atomic E-state index is 14.2. The molecule has 0 N–H and O–H groups in total. The SMILES string of the molecule is C=C/C=C(\C=C)c1cccc(P(=O)(C(=C)C)c2cccc(-c3ccccc3)n2)n1. The fourth-order valence-corrected chi connectivity index (χ4v) is 5.13. The smallest absolute Gasteiger partial charge is 0.201 e. The van der Waals surface area contributed by atoms with E-state index in [1.807, 2.05) is 60.7 Å². The number of nitrogens with zero attached hydrogens (tertiary/aromatic N) is 2. The molecule has 1 unspecified atom stereocenters. The zero-order valence-electron chi connectivity index (χ0n) is 16.5. The quantitative estimate of drug-likeness (QED) is 0.376. The summed E-state index contributed by atoms with van der Waals surface area (Å²) in [5.74, 6) is 0. The average molecular weight is 398 g/mol. The molecule has 0 aliphatic carbocycles. The number of hydrogen-bond donors (Lipinski definition) is 0. The van der Waals surface area contributed by atoms with Crippen LogP contribution >= 0.6 is 7.14 Å². The fraction of sp³-hybridized carbons (Fsp3) is 0.0400. The summed E-state index contributed by atoms with van der Waals surface area (Å²) < 4.78 is 14.2. The predicted octanol–water partition coefficient (Wildman–Crippen LogP) is 5.75. The molecule has 0 aliphatic heterocycles. The lowest BCUT2D eigenvalue weighted by Crippen LogP contribution is -2.22. The van der Waals surface area contributed by atoms with Crippen molar-refractivity contribution in [2.24, 2.45) is 0 Å². The molecule has 2 aromatic heterocycles. The van der Waals surface area contributed by atoms with Gasteiger partial charge < -0.3 is 4.57 Å². The van der Waals surface area contributed by atoms with Crippen molar-refractivity contribution in [3.8, 4) is 11.3 Å². The Balaban J connectivity index is 2.17. The van der Waals surface area contributed by atoms with Gasteiger partial charge in [0.2, 0.25) is 7.14 Å². The van der Waals surface area contributed by atoms with E-state index in [4.69, 9.17) is 4.98 Å². The minimum Gasteiger partial charge on any atom is -0.306 e. The number of allylic oxidation sites excluding steroid dienone is 5. The zero-order valence-corrected chi connectivity index (χ0v) is 17.3. The third-order valence-corrected chi connectivity index (χ3v) is 7.40. The summed E-state index contributed by atoms with van der Waals surface area (Å²) in [5, 5.41) is 0.535. The second-order valence-electron chi connectivity index (χ2n) is 6.53. The highest BCUT2D eigenvalue weighted by atomic mass is 31.2. The highest BCUT2D eigenvalue weighted by Gasteiger charge is 2.32. The van der Waals surface area contributed by atoms with Gasteiger partial charge in [-0.05, 0) is 42.1 Å². The van der Waals surface area contributed by atoms with Gasteiger partial charge in [0.25, 0.3) is 0 Å². The summed E-state index contributed by atoms with van der Waals surface area (Å²) >= 11 is 0. The van der Waals surface area contributed by atoms with Crippen molar-refractivity contribution in [1.82, 2.24) is 9.97 Å². The van der Waals surface area contributed by atoms with Crippen molar-refractivity contribution in [2.45, 2.75) is 6.92 Å². The molecule has 0 saturated heterocycles. The van der Waals surface area contributed by atoms with E-state index in [0.29, 0.717) is 21.9 Å². The third-order valence-electron chi connectivity index (χ3n) is 4.53. The number of benzene rings is 1. The molecular weight excluding hydrogens is 375 g/mol. The zero-order chi connectivity index (χ0) is 20.9. The number of hydrogen-bond acceptors (Lipinski definition) is 3. The Morgan fingerprint density at radius 3 is 2.17 bits per heavy atom. The first-order valence-corrected chi connectivity index (χ1v) is 10.9. The number of rotatable bonds is 7. The van der Waals surface area contributed by atoms with E-state index in [2.05, 4.69) is 24.7 Å². The standard InChI is InChI=1S/C25H23N2OP/c1-5-12-20(6-2)22-15-10-17-24(26-22)29(28,19(3)4)25-18-11-16-23(27-25)21-13-8-7-9-14-21/h5-18H,1-3H2,4H3/b20-12+.